The van der Waals surface area contributed by atoms with Crippen LogP contribution >= 0.6 is 0 Å². The molecule has 138 valence electrons. The number of rotatable bonds is 4. The minimum Gasteiger partial charge on any atom is -0.497 e. The number of hydrogen-bond acceptors (Lipinski definition) is 4. The molecule has 0 radical (unpaired) electrons. The van der Waals surface area contributed by atoms with Crippen molar-refractivity contribution in [3.63, 3.8) is 0 Å². The van der Waals surface area contributed by atoms with Crippen LogP contribution in [0.2, 0.25) is 0 Å². The van der Waals surface area contributed by atoms with E-state index < -0.39 is 0 Å². The molecule has 4 heteroatoms. The number of methoxy groups -OCH3 is 1. The van der Waals surface area contributed by atoms with E-state index in [1.165, 1.54) is 16.7 Å². The van der Waals surface area contributed by atoms with Gasteiger partial charge in [-0.25, -0.2) is 0 Å². The topological polar surface area (TPSA) is 41.9 Å². The predicted octanol–water partition coefficient (Wildman–Crippen LogP) is 4.51. The molecule has 27 heavy (non-hydrogen) atoms. The summed E-state index contributed by atoms with van der Waals surface area (Å²) in [6, 6.07) is 16.8. The van der Waals surface area contributed by atoms with E-state index in [-0.39, 0.29) is 11.8 Å². The lowest BCUT2D eigenvalue weighted by molar-refractivity contribution is -0.112. The zero-order valence-electron chi connectivity index (χ0n) is 16.0. The van der Waals surface area contributed by atoms with Crippen LogP contribution in [-0.4, -0.2) is 23.6 Å². The zero-order valence-corrected chi connectivity index (χ0v) is 16.0. The second-order valence-corrected chi connectivity index (χ2v) is 7.25. The van der Waals surface area contributed by atoms with Crippen molar-refractivity contribution >= 4 is 11.5 Å². The van der Waals surface area contributed by atoms with Crippen molar-refractivity contribution in [3.8, 4) is 5.75 Å². The van der Waals surface area contributed by atoms with E-state index in [2.05, 4.69) is 36.4 Å². The molecule has 0 bridgehead atoms. The molecule has 0 saturated heterocycles. The second-order valence-electron chi connectivity index (χ2n) is 7.25. The number of carbonyl (C=O) groups is 1. The van der Waals surface area contributed by atoms with Crippen LogP contribution in [0.1, 0.15) is 43.0 Å². The Morgan fingerprint density at radius 1 is 1.19 bits per heavy atom. The van der Waals surface area contributed by atoms with Gasteiger partial charge >= 0.3 is 0 Å². The Morgan fingerprint density at radius 3 is 2.67 bits per heavy atom. The summed E-state index contributed by atoms with van der Waals surface area (Å²) >= 11 is 0. The standard InChI is InChI=1S/C23H24N2O2/c1-15(13-16(2)26)25-23(18-7-5-4-6-8-18)20-12-10-17-9-11-19(27-3)14-21(17)22(20)24-25/h4-9,11,13-14,20,23H,10,12H2,1-3H3/b15-13-/t20-,23-/m0/s1. The molecule has 0 fully saturated rings. The molecule has 0 aromatic heterocycles. The Hall–Kier alpha value is -2.88. The molecule has 0 spiro atoms. The van der Waals surface area contributed by atoms with Gasteiger partial charge < -0.3 is 4.74 Å². The van der Waals surface area contributed by atoms with Gasteiger partial charge in [0.1, 0.15) is 5.75 Å². The fraction of sp³-hybridized carbons (Fsp3) is 0.304. The van der Waals surface area contributed by atoms with Crippen molar-refractivity contribution in [2.24, 2.45) is 11.0 Å². The number of carbonyl (C=O) groups excluding carboxylic acids is 1. The van der Waals surface area contributed by atoms with Crippen LogP contribution in [-0.2, 0) is 11.2 Å². The van der Waals surface area contributed by atoms with Gasteiger partial charge in [0.15, 0.2) is 5.78 Å². The molecule has 2 aromatic carbocycles. The van der Waals surface area contributed by atoms with E-state index >= 15 is 0 Å². The monoisotopic (exact) mass is 360 g/mol. The van der Waals surface area contributed by atoms with Crippen LogP contribution in [0.25, 0.3) is 0 Å². The number of aryl methyl sites for hydroxylation is 1. The van der Waals surface area contributed by atoms with E-state index in [1.807, 2.05) is 24.1 Å². The van der Waals surface area contributed by atoms with Gasteiger partial charge in [-0.1, -0.05) is 36.4 Å². The number of ketones is 1. The van der Waals surface area contributed by atoms with E-state index in [9.17, 15) is 4.79 Å². The van der Waals surface area contributed by atoms with Gasteiger partial charge in [-0.15, -0.1) is 0 Å². The molecule has 4 rings (SSSR count). The van der Waals surface area contributed by atoms with Crippen LogP contribution in [0, 0.1) is 5.92 Å². The molecule has 4 nitrogen and oxygen atoms in total. The third kappa shape index (κ3) is 3.16. The number of fused-ring (bicyclic) bond motifs is 3. The molecule has 1 heterocycles. The van der Waals surface area contributed by atoms with Gasteiger partial charge in [-0.3, -0.25) is 9.80 Å². The highest BCUT2D eigenvalue weighted by molar-refractivity contribution is 6.06. The maximum atomic E-state index is 11.7. The van der Waals surface area contributed by atoms with Gasteiger partial charge in [-0.05, 0) is 49.9 Å². The Morgan fingerprint density at radius 2 is 1.96 bits per heavy atom. The summed E-state index contributed by atoms with van der Waals surface area (Å²) in [5.74, 6) is 1.18. The maximum absolute atomic E-state index is 11.7. The van der Waals surface area contributed by atoms with Crippen molar-refractivity contribution in [1.82, 2.24) is 5.01 Å². The summed E-state index contributed by atoms with van der Waals surface area (Å²) < 4.78 is 5.44. The Bertz CT molecular complexity index is 931. The Balaban J connectivity index is 1.83. The molecule has 0 unspecified atom stereocenters. The van der Waals surface area contributed by atoms with Gasteiger partial charge in [0.05, 0.1) is 18.9 Å². The Kier molecular flexibility index (Phi) is 4.56. The third-order valence-electron chi connectivity index (χ3n) is 5.44. The minimum atomic E-state index is 0.0384. The number of ether oxygens (including phenoxy) is 1. The number of hydrazone groups is 1. The molecule has 2 atom stereocenters. The van der Waals surface area contributed by atoms with Crippen LogP contribution in [0.4, 0.5) is 0 Å². The first-order valence-corrected chi connectivity index (χ1v) is 9.37. The summed E-state index contributed by atoms with van der Waals surface area (Å²) in [6.45, 7) is 3.54. The quantitative estimate of drug-likeness (QED) is 0.753. The summed E-state index contributed by atoms with van der Waals surface area (Å²) in [4.78, 5) is 11.7. The van der Waals surface area contributed by atoms with Crippen LogP contribution in [0.5, 0.6) is 5.75 Å². The van der Waals surface area contributed by atoms with Gasteiger partial charge in [0.2, 0.25) is 0 Å². The highest BCUT2D eigenvalue weighted by Crippen LogP contribution is 2.45. The number of hydrogen-bond donors (Lipinski definition) is 0. The van der Waals surface area contributed by atoms with Crippen molar-refractivity contribution in [2.45, 2.75) is 32.7 Å². The highest BCUT2D eigenvalue weighted by atomic mass is 16.5. The molecule has 0 amide bonds. The van der Waals surface area contributed by atoms with Crippen molar-refractivity contribution in [2.75, 3.05) is 7.11 Å². The first-order chi connectivity index (χ1) is 13.1. The van der Waals surface area contributed by atoms with Crippen LogP contribution < -0.4 is 4.74 Å². The first kappa shape index (κ1) is 17.5. The summed E-state index contributed by atoms with van der Waals surface area (Å²) in [7, 11) is 1.69. The summed E-state index contributed by atoms with van der Waals surface area (Å²) in [5, 5.41) is 7.04. The van der Waals surface area contributed by atoms with Crippen molar-refractivity contribution in [3.05, 3.63) is 77.0 Å². The normalized spacial score (nSPS) is 21.4. The number of allylic oxidation sites excluding steroid dienone is 2. The molecule has 2 aliphatic rings. The van der Waals surface area contributed by atoms with Crippen molar-refractivity contribution in [1.29, 1.82) is 0 Å². The van der Waals surface area contributed by atoms with Gasteiger partial charge in [0.25, 0.3) is 0 Å². The zero-order chi connectivity index (χ0) is 19.0. The van der Waals surface area contributed by atoms with E-state index in [0.717, 1.165) is 30.0 Å². The Labute approximate surface area is 160 Å². The SMILES string of the molecule is COc1ccc2c(c1)C1=NN(/C(C)=C\C(C)=O)[C@@H](c3ccccc3)[C@H]1CC2. The molecule has 2 aromatic rings. The maximum Gasteiger partial charge on any atom is 0.154 e. The summed E-state index contributed by atoms with van der Waals surface area (Å²) in [5.41, 5.74) is 5.68. The van der Waals surface area contributed by atoms with Crippen molar-refractivity contribution < 1.29 is 9.53 Å². The second kappa shape index (κ2) is 7.03. The molecule has 1 aliphatic carbocycles. The average molecular weight is 360 g/mol. The van der Waals surface area contributed by atoms with Crippen LogP contribution in [0.15, 0.2) is 65.4 Å². The highest BCUT2D eigenvalue weighted by Gasteiger charge is 2.42. The smallest absolute Gasteiger partial charge is 0.154 e. The molecule has 0 saturated carbocycles. The minimum absolute atomic E-state index is 0.0384. The molecular weight excluding hydrogens is 336 g/mol. The lowest BCUT2D eigenvalue weighted by Gasteiger charge is -2.31. The van der Waals surface area contributed by atoms with Gasteiger partial charge in [0, 0.05) is 23.3 Å². The lowest BCUT2D eigenvalue weighted by atomic mass is 9.77. The molecule has 1 aliphatic heterocycles. The number of benzene rings is 2. The molecule has 0 N–H and O–H groups in total. The number of nitrogens with zero attached hydrogens (tertiary/aromatic N) is 2. The molecular formula is C23H24N2O2. The summed E-state index contributed by atoms with van der Waals surface area (Å²) in [6.07, 6.45) is 3.74. The predicted molar refractivity (Wildman–Crippen MR) is 107 cm³/mol. The fourth-order valence-corrected chi connectivity index (χ4v) is 4.25. The largest absolute Gasteiger partial charge is 0.497 e. The lowest BCUT2D eigenvalue weighted by Crippen LogP contribution is -2.28. The van der Waals surface area contributed by atoms with Crippen LogP contribution in [0.3, 0.4) is 0 Å². The van der Waals surface area contributed by atoms with E-state index in [4.69, 9.17) is 9.84 Å². The fourth-order valence-electron chi connectivity index (χ4n) is 4.25. The first-order valence-electron chi connectivity index (χ1n) is 9.37. The van der Waals surface area contributed by atoms with E-state index in [0.29, 0.717) is 5.92 Å². The van der Waals surface area contributed by atoms with Gasteiger partial charge in [-0.2, -0.15) is 5.10 Å². The van der Waals surface area contributed by atoms with E-state index in [1.54, 1.807) is 20.1 Å². The average Bonchev–Trinajstić information content (AvgIpc) is 3.08. The third-order valence-corrected chi connectivity index (χ3v) is 5.44.